The number of thioether (sulfide) groups is 1. The van der Waals surface area contributed by atoms with Crippen LogP contribution in [0.5, 0.6) is 0 Å². The fraction of sp³-hybridized carbons (Fsp3) is 0.150. The second-order valence-corrected chi connectivity index (χ2v) is 8.82. The second-order valence-electron chi connectivity index (χ2n) is 6.37. The summed E-state index contributed by atoms with van der Waals surface area (Å²) in [5.41, 5.74) is 3.91. The number of hydrogen-bond acceptors (Lipinski definition) is 8. The van der Waals surface area contributed by atoms with Gasteiger partial charge >= 0.3 is 0 Å². The SMILES string of the molecule is Cc1ccc(-c2csc(SC(C)c3nnc(-c4ccc([N+](=O)[O-])cc4)o3)n2)cc1. The third kappa shape index (κ3) is 4.36. The van der Waals surface area contributed by atoms with Gasteiger partial charge in [-0.15, -0.1) is 21.5 Å². The van der Waals surface area contributed by atoms with E-state index in [4.69, 9.17) is 9.40 Å². The molecular formula is C20H16N4O3S2. The Labute approximate surface area is 175 Å². The van der Waals surface area contributed by atoms with E-state index in [-0.39, 0.29) is 10.9 Å². The fourth-order valence-electron chi connectivity index (χ4n) is 2.61. The molecule has 9 heteroatoms. The van der Waals surface area contributed by atoms with Gasteiger partial charge in [-0.25, -0.2) is 4.98 Å². The Hall–Kier alpha value is -3.04. The van der Waals surface area contributed by atoms with Crippen molar-refractivity contribution >= 4 is 28.8 Å². The monoisotopic (exact) mass is 424 g/mol. The van der Waals surface area contributed by atoms with Crippen molar-refractivity contribution in [2.24, 2.45) is 0 Å². The molecular weight excluding hydrogens is 408 g/mol. The average molecular weight is 425 g/mol. The first-order valence-corrected chi connectivity index (χ1v) is 10.5. The number of nitro benzene ring substituents is 1. The number of benzene rings is 2. The third-order valence-corrected chi connectivity index (χ3v) is 6.28. The molecule has 1 unspecified atom stereocenters. The molecule has 0 amide bonds. The van der Waals surface area contributed by atoms with E-state index in [1.165, 1.54) is 17.7 Å². The van der Waals surface area contributed by atoms with Crippen molar-refractivity contribution < 1.29 is 9.34 Å². The summed E-state index contributed by atoms with van der Waals surface area (Å²) in [6.07, 6.45) is 0. The van der Waals surface area contributed by atoms with Gasteiger partial charge in [0, 0.05) is 28.6 Å². The van der Waals surface area contributed by atoms with Crippen LogP contribution in [0.1, 0.15) is 23.6 Å². The van der Waals surface area contributed by atoms with E-state index in [1.807, 2.05) is 12.3 Å². The zero-order valence-corrected chi connectivity index (χ0v) is 17.2. The highest BCUT2D eigenvalue weighted by atomic mass is 32.2. The number of nitro groups is 1. The molecule has 0 aliphatic rings. The lowest BCUT2D eigenvalue weighted by atomic mass is 10.1. The number of aryl methyl sites for hydroxylation is 1. The van der Waals surface area contributed by atoms with Crippen molar-refractivity contribution in [1.29, 1.82) is 0 Å². The molecule has 0 saturated carbocycles. The molecule has 4 rings (SSSR count). The van der Waals surface area contributed by atoms with E-state index in [9.17, 15) is 10.1 Å². The van der Waals surface area contributed by atoms with Crippen molar-refractivity contribution in [3.8, 4) is 22.7 Å². The number of non-ortho nitro benzene ring substituents is 1. The van der Waals surface area contributed by atoms with Crippen LogP contribution in [0.25, 0.3) is 22.7 Å². The average Bonchev–Trinajstić information content (AvgIpc) is 3.38. The van der Waals surface area contributed by atoms with Gasteiger partial charge in [0.25, 0.3) is 5.69 Å². The van der Waals surface area contributed by atoms with Crippen molar-refractivity contribution in [3.05, 3.63) is 75.5 Å². The first-order chi connectivity index (χ1) is 14.0. The Balaban J connectivity index is 1.46. The summed E-state index contributed by atoms with van der Waals surface area (Å²) in [6.45, 7) is 4.04. The Morgan fingerprint density at radius 2 is 1.76 bits per heavy atom. The van der Waals surface area contributed by atoms with Gasteiger partial charge in [-0.05, 0) is 26.0 Å². The molecule has 0 fully saturated rings. The number of nitrogens with zero attached hydrogens (tertiary/aromatic N) is 4. The van der Waals surface area contributed by atoms with Crippen LogP contribution in [0.3, 0.4) is 0 Å². The minimum absolute atomic E-state index is 0.0190. The highest BCUT2D eigenvalue weighted by Crippen LogP contribution is 2.38. The summed E-state index contributed by atoms with van der Waals surface area (Å²) in [5.74, 6) is 0.817. The maximum absolute atomic E-state index is 10.8. The lowest BCUT2D eigenvalue weighted by Gasteiger charge is -2.03. The summed E-state index contributed by atoms with van der Waals surface area (Å²) in [6, 6.07) is 14.3. The molecule has 0 spiro atoms. The zero-order chi connectivity index (χ0) is 20.4. The van der Waals surface area contributed by atoms with E-state index in [2.05, 4.69) is 41.4 Å². The summed E-state index contributed by atoms with van der Waals surface area (Å²) in [4.78, 5) is 15.0. The van der Waals surface area contributed by atoms with Crippen LogP contribution in [0.15, 0.2) is 62.7 Å². The molecule has 2 heterocycles. The van der Waals surface area contributed by atoms with Gasteiger partial charge in [-0.1, -0.05) is 41.6 Å². The largest absolute Gasteiger partial charge is 0.419 e. The normalized spacial score (nSPS) is 12.1. The van der Waals surface area contributed by atoms with Crippen LogP contribution in [0, 0.1) is 17.0 Å². The molecule has 0 radical (unpaired) electrons. The van der Waals surface area contributed by atoms with Crippen molar-refractivity contribution in [2.75, 3.05) is 0 Å². The summed E-state index contributed by atoms with van der Waals surface area (Å²) in [5, 5.41) is 20.9. The van der Waals surface area contributed by atoms with Gasteiger partial charge in [-0.3, -0.25) is 10.1 Å². The molecule has 0 aliphatic heterocycles. The van der Waals surface area contributed by atoms with Crippen LogP contribution in [0.2, 0.25) is 0 Å². The van der Waals surface area contributed by atoms with E-state index in [1.54, 1.807) is 35.2 Å². The van der Waals surface area contributed by atoms with Crippen LogP contribution < -0.4 is 0 Å². The molecule has 0 saturated heterocycles. The quantitative estimate of drug-likeness (QED) is 0.215. The van der Waals surface area contributed by atoms with Crippen LogP contribution in [-0.2, 0) is 0 Å². The smallest absolute Gasteiger partial charge is 0.269 e. The topological polar surface area (TPSA) is 95.0 Å². The Kier molecular flexibility index (Phi) is 5.41. The van der Waals surface area contributed by atoms with Crippen LogP contribution >= 0.6 is 23.1 Å². The maximum atomic E-state index is 10.8. The van der Waals surface area contributed by atoms with Gasteiger partial charge < -0.3 is 4.42 Å². The fourth-order valence-corrected chi connectivity index (χ4v) is 4.61. The van der Waals surface area contributed by atoms with E-state index in [0.717, 1.165) is 15.6 Å². The van der Waals surface area contributed by atoms with E-state index in [0.29, 0.717) is 17.3 Å². The third-order valence-electron chi connectivity index (χ3n) is 4.22. The lowest BCUT2D eigenvalue weighted by Crippen LogP contribution is -1.88. The number of thiazole rings is 1. The van der Waals surface area contributed by atoms with E-state index < -0.39 is 4.92 Å². The van der Waals surface area contributed by atoms with Crippen molar-refractivity contribution in [2.45, 2.75) is 23.4 Å². The molecule has 4 aromatic rings. The van der Waals surface area contributed by atoms with Gasteiger partial charge in [0.05, 0.1) is 15.9 Å². The number of hydrogen-bond donors (Lipinski definition) is 0. The molecule has 2 aromatic heterocycles. The molecule has 0 bridgehead atoms. The Bertz CT molecular complexity index is 1140. The van der Waals surface area contributed by atoms with Crippen LogP contribution in [0.4, 0.5) is 5.69 Å². The highest BCUT2D eigenvalue weighted by Gasteiger charge is 2.18. The molecule has 2 aromatic carbocycles. The number of rotatable bonds is 6. The Morgan fingerprint density at radius 1 is 1.07 bits per heavy atom. The summed E-state index contributed by atoms with van der Waals surface area (Å²) in [7, 11) is 0. The Morgan fingerprint density at radius 3 is 2.45 bits per heavy atom. The first-order valence-electron chi connectivity index (χ1n) is 8.77. The van der Waals surface area contributed by atoms with Gasteiger partial charge in [0.15, 0.2) is 4.34 Å². The molecule has 7 nitrogen and oxygen atoms in total. The molecule has 0 N–H and O–H groups in total. The van der Waals surface area contributed by atoms with Crippen LogP contribution in [-0.4, -0.2) is 20.1 Å². The second kappa shape index (κ2) is 8.14. The standard InChI is InChI=1S/C20H16N4O3S2/c1-12-3-5-14(6-4-12)17-11-28-20(21-17)29-13(2)18-22-23-19(27-18)15-7-9-16(10-8-15)24(25)26/h3-11,13H,1-2H3. The van der Waals surface area contributed by atoms with Gasteiger partial charge in [0.1, 0.15) is 0 Å². The minimum atomic E-state index is -0.444. The maximum Gasteiger partial charge on any atom is 0.269 e. The zero-order valence-electron chi connectivity index (χ0n) is 15.6. The summed E-state index contributed by atoms with van der Waals surface area (Å²) < 4.78 is 6.69. The molecule has 146 valence electrons. The predicted octanol–water partition coefficient (Wildman–Crippen LogP) is 5.93. The van der Waals surface area contributed by atoms with Gasteiger partial charge in [0.2, 0.25) is 11.8 Å². The molecule has 1 atom stereocenters. The van der Waals surface area contributed by atoms with Crippen molar-refractivity contribution in [3.63, 3.8) is 0 Å². The highest BCUT2D eigenvalue weighted by molar-refractivity contribution is 8.01. The minimum Gasteiger partial charge on any atom is -0.419 e. The predicted molar refractivity (Wildman–Crippen MR) is 113 cm³/mol. The molecule has 0 aliphatic carbocycles. The molecule has 29 heavy (non-hydrogen) atoms. The first kappa shape index (κ1) is 19.3. The lowest BCUT2D eigenvalue weighted by molar-refractivity contribution is -0.384. The van der Waals surface area contributed by atoms with Gasteiger partial charge in [-0.2, -0.15) is 0 Å². The van der Waals surface area contributed by atoms with E-state index >= 15 is 0 Å². The summed E-state index contributed by atoms with van der Waals surface area (Å²) >= 11 is 3.13. The van der Waals surface area contributed by atoms with Crippen molar-refractivity contribution in [1.82, 2.24) is 15.2 Å². The number of aromatic nitrogens is 3.